The van der Waals surface area contributed by atoms with Gasteiger partial charge in [-0.2, -0.15) is 0 Å². The third-order valence-corrected chi connectivity index (χ3v) is 4.14. The third-order valence-electron chi connectivity index (χ3n) is 4.14. The first kappa shape index (κ1) is 16.8. The van der Waals surface area contributed by atoms with Gasteiger partial charge in [0.2, 0.25) is 0 Å². The van der Waals surface area contributed by atoms with E-state index < -0.39 is 18.5 Å². The molecule has 130 valence electrons. The molecule has 0 saturated heterocycles. The van der Waals surface area contributed by atoms with E-state index in [2.05, 4.69) is 5.32 Å². The van der Waals surface area contributed by atoms with Crippen LogP contribution >= 0.6 is 0 Å². The summed E-state index contributed by atoms with van der Waals surface area (Å²) in [6.07, 6.45) is 3.22. The Morgan fingerprint density at radius 3 is 2.72 bits per heavy atom. The summed E-state index contributed by atoms with van der Waals surface area (Å²) in [7, 11) is 1.45. The van der Waals surface area contributed by atoms with E-state index >= 15 is 0 Å². The highest BCUT2D eigenvalue weighted by Crippen LogP contribution is 2.25. The number of aryl methyl sites for hydroxylation is 2. The molecule has 6 nitrogen and oxygen atoms in total. The number of benzene rings is 2. The molecular formula is C19H19NO5. The molecule has 0 aliphatic heterocycles. The monoisotopic (exact) mass is 341 g/mol. The van der Waals surface area contributed by atoms with Gasteiger partial charge in [-0.15, -0.1) is 0 Å². The number of amides is 1. The van der Waals surface area contributed by atoms with Crippen LogP contribution in [0.2, 0.25) is 0 Å². The average molecular weight is 341 g/mol. The molecule has 1 aliphatic carbocycles. The van der Waals surface area contributed by atoms with Crippen molar-refractivity contribution in [3.8, 4) is 11.5 Å². The molecule has 2 aromatic rings. The SMILES string of the molecule is COc1ccc(O)c(C(=O)OCC(=O)Nc2ccc3c(c2)CCC3)c1. The molecule has 0 bridgehead atoms. The van der Waals surface area contributed by atoms with Crippen molar-refractivity contribution in [2.75, 3.05) is 19.0 Å². The Hall–Kier alpha value is -3.02. The van der Waals surface area contributed by atoms with Gasteiger partial charge >= 0.3 is 5.97 Å². The second-order valence-corrected chi connectivity index (χ2v) is 5.84. The number of ether oxygens (including phenoxy) is 2. The molecule has 1 aliphatic rings. The molecule has 1 amide bonds. The highest BCUT2D eigenvalue weighted by molar-refractivity contribution is 5.97. The van der Waals surface area contributed by atoms with Crippen molar-refractivity contribution in [3.05, 3.63) is 53.1 Å². The van der Waals surface area contributed by atoms with Gasteiger partial charge in [0.25, 0.3) is 5.91 Å². The van der Waals surface area contributed by atoms with Crippen molar-refractivity contribution >= 4 is 17.6 Å². The minimum atomic E-state index is -0.791. The summed E-state index contributed by atoms with van der Waals surface area (Å²) in [5, 5.41) is 12.4. The van der Waals surface area contributed by atoms with E-state index in [0.29, 0.717) is 11.4 Å². The number of methoxy groups -OCH3 is 1. The second-order valence-electron chi connectivity index (χ2n) is 5.84. The maximum absolute atomic E-state index is 12.0. The molecule has 0 unspecified atom stereocenters. The fourth-order valence-corrected chi connectivity index (χ4v) is 2.86. The van der Waals surface area contributed by atoms with Crippen LogP contribution in [0.1, 0.15) is 27.9 Å². The number of phenolic OH excluding ortho intramolecular Hbond substituents is 1. The fraction of sp³-hybridized carbons (Fsp3) is 0.263. The van der Waals surface area contributed by atoms with Gasteiger partial charge in [0.05, 0.1) is 7.11 Å². The summed E-state index contributed by atoms with van der Waals surface area (Å²) in [6.45, 7) is -0.438. The van der Waals surface area contributed by atoms with Crippen LogP contribution in [0.25, 0.3) is 0 Å². The highest BCUT2D eigenvalue weighted by Gasteiger charge is 2.16. The molecule has 0 aromatic heterocycles. The van der Waals surface area contributed by atoms with Gasteiger partial charge in [-0.25, -0.2) is 4.79 Å². The van der Waals surface area contributed by atoms with E-state index in [0.717, 1.165) is 19.3 Å². The first-order valence-corrected chi connectivity index (χ1v) is 8.02. The quantitative estimate of drug-likeness (QED) is 0.817. The van der Waals surface area contributed by atoms with Crippen LogP contribution in [0, 0.1) is 0 Å². The normalized spacial score (nSPS) is 12.4. The number of hydrogen-bond donors (Lipinski definition) is 2. The lowest BCUT2D eigenvalue weighted by molar-refractivity contribution is -0.119. The zero-order valence-electron chi connectivity index (χ0n) is 13.9. The predicted octanol–water partition coefficient (Wildman–Crippen LogP) is 2.69. The van der Waals surface area contributed by atoms with E-state index in [1.54, 1.807) is 0 Å². The minimum Gasteiger partial charge on any atom is -0.507 e. The van der Waals surface area contributed by atoms with E-state index in [4.69, 9.17) is 9.47 Å². The number of anilines is 1. The van der Waals surface area contributed by atoms with Gasteiger partial charge in [-0.1, -0.05) is 6.07 Å². The Morgan fingerprint density at radius 1 is 1.12 bits per heavy atom. The first-order valence-electron chi connectivity index (χ1n) is 8.02. The molecule has 6 heteroatoms. The van der Waals surface area contributed by atoms with Crippen LogP contribution in [0.4, 0.5) is 5.69 Å². The van der Waals surface area contributed by atoms with Gasteiger partial charge in [0, 0.05) is 5.69 Å². The number of aromatic hydroxyl groups is 1. The van der Waals surface area contributed by atoms with E-state index in [-0.39, 0.29) is 11.3 Å². The van der Waals surface area contributed by atoms with E-state index in [1.165, 1.54) is 36.4 Å². The van der Waals surface area contributed by atoms with Crippen molar-refractivity contribution < 1.29 is 24.2 Å². The standard InChI is InChI=1S/C19H19NO5/c1-24-15-7-8-17(21)16(10-15)19(23)25-11-18(22)20-14-6-5-12-3-2-4-13(12)9-14/h5-10,21H,2-4,11H2,1H3,(H,20,22). The third kappa shape index (κ3) is 3.91. The number of hydrogen-bond acceptors (Lipinski definition) is 5. The Kier molecular flexibility index (Phi) is 4.88. The molecule has 2 N–H and O–H groups in total. The molecule has 0 radical (unpaired) electrons. The van der Waals surface area contributed by atoms with Crippen molar-refractivity contribution in [2.24, 2.45) is 0 Å². The van der Waals surface area contributed by atoms with E-state index in [1.807, 2.05) is 18.2 Å². The number of phenols is 1. The molecule has 3 rings (SSSR count). The lowest BCUT2D eigenvalue weighted by Gasteiger charge is -2.09. The van der Waals surface area contributed by atoms with Crippen molar-refractivity contribution in [3.63, 3.8) is 0 Å². The average Bonchev–Trinajstić information content (AvgIpc) is 3.08. The fourth-order valence-electron chi connectivity index (χ4n) is 2.86. The highest BCUT2D eigenvalue weighted by atomic mass is 16.5. The number of carbonyl (C=O) groups excluding carboxylic acids is 2. The maximum atomic E-state index is 12.0. The van der Waals surface area contributed by atoms with Crippen LogP contribution in [-0.4, -0.2) is 30.7 Å². The van der Waals surface area contributed by atoms with Crippen LogP contribution in [0.5, 0.6) is 11.5 Å². The van der Waals surface area contributed by atoms with Gasteiger partial charge in [0.1, 0.15) is 17.1 Å². The Morgan fingerprint density at radius 2 is 1.92 bits per heavy atom. The lowest BCUT2D eigenvalue weighted by Crippen LogP contribution is -2.21. The summed E-state index contributed by atoms with van der Waals surface area (Å²) in [5.41, 5.74) is 3.20. The maximum Gasteiger partial charge on any atom is 0.342 e. The van der Waals surface area contributed by atoms with Gasteiger partial charge in [0.15, 0.2) is 6.61 Å². The summed E-state index contributed by atoms with van der Waals surface area (Å²) in [4.78, 5) is 24.0. The van der Waals surface area contributed by atoms with Crippen molar-refractivity contribution in [2.45, 2.75) is 19.3 Å². The van der Waals surface area contributed by atoms with Crippen molar-refractivity contribution in [1.29, 1.82) is 0 Å². The number of fused-ring (bicyclic) bond motifs is 1. The van der Waals surface area contributed by atoms with Crippen LogP contribution in [0.3, 0.4) is 0 Å². The topological polar surface area (TPSA) is 84.9 Å². The van der Waals surface area contributed by atoms with Crippen LogP contribution in [0.15, 0.2) is 36.4 Å². The number of rotatable bonds is 5. The largest absolute Gasteiger partial charge is 0.507 e. The summed E-state index contributed by atoms with van der Waals surface area (Å²) < 4.78 is 9.97. The number of carbonyl (C=O) groups is 2. The minimum absolute atomic E-state index is 0.0512. The molecule has 2 aromatic carbocycles. The Balaban J connectivity index is 1.58. The second kappa shape index (κ2) is 7.25. The molecule has 0 saturated carbocycles. The van der Waals surface area contributed by atoms with Gasteiger partial charge < -0.3 is 19.9 Å². The van der Waals surface area contributed by atoms with Crippen molar-refractivity contribution in [1.82, 2.24) is 0 Å². The number of nitrogens with one attached hydrogen (secondary N) is 1. The summed E-state index contributed by atoms with van der Waals surface area (Å²) >= 11 is 0. The predicted molar refractivity (Wildman–Crippen MR) is 92.0 cm³/mol. The van der Waals surface area contributed by atoms with Gasteiger partial charge in [-0.05, 0) is 60.7 Å². The molecular weight excluding hydrogens is 322 g/mol. The Labute approximate surface area is 145 Å². The molecule has 0 atom stereocenters. The van der Waals surface area contributed by atoms with E-state index in [9.17, 15) is 14.7 Å². The zero-order chi connectivity index (χ0) is 17.8. The molecule has 0 heterocycles. The lowest BCUT2D eigenvalue weighted by atomic mass is 10.1. The summed E-state index contributed by atoms with van der Waals surface area (Å²) in [6, 6.07) is 10.0. The van der Waals surface area contributed by atoms with Crippen LogP contribution in [-0.2, 0) is 22.4 Å². The Bertz CT molecular complexity index is 815. The van der Waals surface area contributed by atoms with Gasteiger partial charge in [-0.3, -0.25) is 4.79 Å². The molecule has 0 spiro atoms. The zero-order valence-corrected chi connectivity index (χ0v) is 13.9. The smallest absolute Gasteiger partial charge is 0.342 e. The summed E-state index contributed by atoms with van der Waals surface area (Å²) in [5.74, 6) is -1.05. The molecule has 25 heavy (non-hydrogen) atoms. The first-order chi connectivity index (χ1) is 12.1. The van der Waals surface area contributed by atoms with Crippen LogP contribution < -0.4 is 10.1 Å². The number of esters is 1. The molecule has 0 fully saturated rings.